The van der Waals surface area contributed by atoms with E-state index >= 15 is 0 Å². The fourth-order valence-electron chi connectivity index (χ4n) is 0.214. The minimum atomic E-state index is -2.19. The molecule has 0 amide bonds. The van der Waals surface area contributed by atoms with Crippen LogP contribution in [0.1, 0.15) is 12.8 Å². The summed E-state index contributed by atoms with van der Waals surface area (Å²) in [6.07, 6.45) is -0.593. The van der Waals surface area contributed by atoms with E-state index in [9.17, 15) is 9.59 Å². The largest absolute Gasteiger partial charge is 2.00 e. The van der Waals surface area contributed by atoms with Crippen molar-refractivity contribution in [1.29, 1.82) is 0 Å². The molecule has 15 heavy (non-hydrogen) atoms. The number of hydrogen-bond donors (Lipinski definition) is 2. The van der Waals surface area contributed by atoms with Crippen LogP contribution in [0.2, 0.25) is 0 Å². The Kier molecular flexibility index (Phi) is 15.1. The molecular weight excluding hydrogens is 288 g/mol. The van der Waals surface area contributed by atoms with E-state index in [1.54, 1.807) is 0 Å². The van der Waals surface area contributed by atoms with Crippen molar-refractivity contribution >= 4 is 69.4 Å². The number of carboxylic acid groups (broad SMARTS) is 4. The molecule has 0 aliphatic carbocycles. The Morgan fingerprint density at radius 1 is 0.800 bits per heavy atom. The maximum absolute atomic E-state index is 9.64. The van der Waals surface area contributed by atoms with Crippen molar-refractivity contribution in [1.82, 2.24) is 0 Å². The Morgan fingerprint density at radius 2 is 1.00 bits per heavy atom. The first kappa shape index (κ1) is 19.9. The van der Waals surface area contributed by atoms with Gasteiger partial charge in [0.15, 0.2) is 0 Å². The molecular formula is C6H6O8Sr. The van der Waals surface area contributed by atoms with Crippen molar-refractivity contribution in [3.05, 3.63) is 0 Å². The fraction of sp³-hybridized carbons (Fsp3) is 0.333. The van der Waals surface area contributed by atoms with Crippen LogP contribution in [0.15, 0.2) is 0 Å². The molecule has 0 radical (unpaired) electrons. The summed E-state index contributed by atoms with van der Waals surface area (Å²) < 4.78 is 0. The Morgan fingerprint density at radius 3 is 1.07 bits per heavy atom. The molecule has 0 bridgehead atoms. The molecule has 2 N–H and O–H groups in total. The average Bonchev–Trinajstić information content (AvgIpc) is 2.01. The van der Waals surface area contributed by atoms with Crippen molar-refractivity contribution in [2.45, 2.75) is 12.8 Å². The van der Waals surface area contributed by atoms with Crippen molar-refractivity contribution < 1.29 is 39.6 Å². The molecule has 0 heterocycles. The Balaban J connectivity index is -0.000000187. The minimum absolute atomic E-state index is 0. The third-order valence-corrected chi connectivity index (χ3v) is 0.719. The Hall–Kier alpha value is -0.639. The Labute approximate surface area is 121 Å². The van der Waals surface area contributed by atoms with Gasteiger partial charge in [0.1, 0.15) is 0 Å². The van der Waals surface area contributed by atoms with Gasteiger partial charge in [0.25, 0.3) is 0 Å². The molecule has 0 rings (SSSR count). The van der Waals surface area contributed by atoms with E-state index in [2.05, 4.69) is 0 Å². The van der Waals surface area contributed by atoms with Crippen LogP contribution in [-0.4, -0.2) is 79.6 Å². The van der Waals surface area contributed by atoms with E-state index in [0.717, 1.165) is 0 Å². The van der Waals surface area contributed by atoms with Crippen LogP contribution >= 0.6 is 0 Å². The first-order valence-corrected chi connectivity index (χ1v) is 3.13. The molecule has 0 fully saturated rings. The van der Waals surface area contributed by atoms with Gasteiger partial charge in [-0.3, -0.25) is 9.59 Å². The molecule has 0 aliphatic rings. The van der Waals surface area contributed by atoms with Gasteiger partial charge in [0.2, 0.25) is 0 Å². The van der Waals surface area contributed by atoms with Gasteiger partial charge in [-0.2, -0.15) is 0 Å². The normalized spacial score (nSPS) is 7.47. The molecule has 80 valence electrons. The van der Waals surface area contributed by atoms with E-state index in [1.807, 2.05) is 0 Å². The second kappa shape index (κ2) is 11.4. The molecule has 0 atom stereocenters. The van der Waals surface area contributed by atoms with Gasteiger partial charge >= 0.3 is 57.4 Å². The second-order valence-corrected chi connectivity index (χ2v) is 1.86. The van der Waals surface area contributed by atoms with Gasteiger partial charge in [-0.05, 0) is 0 Å². The summed E-state index contributed by atoms with van der Waals surface area (Å²) in [6.45, 7) is 0. The SMILES string of the molecule is O=C(O)CCC(=O)O.O=C([O-])C(=O)[O-].[Sr+2]. The van der Waals surface area contributed by atoms with Crippen molar-refractivity contribution in [3.8, 4) is 0 Å². The van der Waals surface area contributed by atoms with Crippen LogP contribution in [0.25, 0.3) is 0 Å². The topological polar surface area (TPSA) is 155 Å². The van der Waals surface area contributed by atoms with Crippen LogP contribution in [0.4, 0.5) is 0 Å². The van der Waals surface area contributed by atoms with E-state index in [4.69, 9.17) is 30.0 Å². The maximum Gasteiger partial charge on any atom is 2.00 e. The van der Waals surface area contributed by atoms with Crippen LogP contribution in [0.3, 0.4) is 0 Å². The second-order valence-electron chi connectivity index (χ2n) is 1.86. The average molecular weight is 294 g/mol. The predicted octanol–water partition coefficient (Wildman–Crippen LogP) is -3.96. The zero-order valence-corrected chi connectivity index (χ0v) is 10.9. The molecule has 0 saturated heterocycles. The zero-order valence-electron chi connectivity index (χ0n) is 7.47. The molecule has 0 aromatic heterocycles. The van der Waals surface area contributed by atoms with E-state index < -0.39 is 23.9 Å². The van der Waals surface area contributed by atoms with Crippen molar-refractivity contribution in [2.75, 3.05) is 0 Å². The number of carbonyl (C=O) groups excluding carboxylic acids is 2. The summed E-state index contributed by atoms with van der Waals surface area (Å²) >= 11 is 0. The van der Waals surface area contributed by atoms with Gasteiger partial charge in [-0.25, -0.2) is 0 Å². The number of rotatable bonds is 3. The van der Waals surface area contributed by atoms with Gasteiger partial charge in [0.05, 0.1) is 24.8 Å². The fourth-order valence-corrected chi connectivity index (χ4v) is 0.214. The summed E-state index contributed by atoms with van der Waals surface area (Å²) in [5.41, 5.74) is 0. The first-order valence-electron chi connectivity index (χ1n) is 3.13. The van der Waals surface area contributed by atoms with E-state index in [0.29, 0.717) is 0 Å². The number of carbonyl (C=O) groups is 4. The Bertz CT molecular complexity index is 222. The third-order valence-electron chi connectivity index (χ3n) is 0.719. The first-order chi connectivity index (χ1) is 6.27. The summed E-state index contributed by atoms with van der Waals surface area (Å²) in [4.78, 5) is 37.1. The van der Waals surface area contributed by atoms with Gasteiger partial charge in [0, 0.05) is 0 Å². The molecule has 0 aromatic carbocycles. The maximum atomic E-state index is 9.64. The van der Waals surface area contributed by atoms with E-state index in [1.165, 1.54) is 0 Å². The third kappa shape index (κ3) is 24.7. The summed E-state index contributed by atoms with van der Waals surface area (Å²) in [7, 11) is 0. The molecule has 0 aromatic rings. The molecule has 8 nitrogen and oxygen atoms in total. The zero-order chi connectivity index (χ0) is 11.7. The summed E-state index contributed by atoms with van der Waals surface area (Å²) in [5, 5.41) is 33.6. The smallest absolute Gasteiger partial charge is 0.543 e. The van der Waals surface area contributed by atoms with Crippen LogP contribution in [-0.2, 0) is 19.2 Å². The van der Waals surface area contributed by atoms with Gasteiger partial charge in [-0.1, -0.05) is 0 Å². The van der Waals surface area contributed by atoms with Gasteiger partial charge in [-0.15, -0.1) is 0 Å². The minimum Gasteiger partial charge on any atom is -0.543 e. The van der Waals surface area contributed by atoms with E-state index in [-0.39, 0.29) is 58.3 Å². The summed E-state index contributed by atoms with van der Waals surface area (Å²) in [6, 6.07) is 0. The molecule has 0 saturated carbocycles. The van der Waals surface area contributed by atoms with Crippen LogP contribution in [0.5, 0.6) is 0 Å². The number of aliphatic carboxylic acids is 4. The molecule has 9 heteroatoms. The predicted molar refractivity (Wildman–Crippen MR) is 40.3 cm³/mol. The monoisotopic (exact) mass is 294 g/mol. The van der Waals surface area contributed by atoms with Crippen molar-refractivity contribution in [2.24, 2.45) is 0 Å². The standard InChI is InChI=1S/C4H6O4.C2H2O4.Sr/c5-3(6)1-2-4(7)8;3-1(4)2(5)6;/h1-2H2,(H,5,6)(H,7,8);(H,3,4)(H,5,6);/q;;+2/p-2. The molecule has 0 spiro atoms. The van der Waals surface area contributed by atoms with Crippen LogP contribution < -0.4 is 10.2 Å². The summed E-state index contributed by atoms with van der Waals surface area (Å²) in [5.74, 6) is -6.52. The molecule has 0 aliphatic heterocycles. The van der Waals surface area contributed by atoms with Crippen molar-refractivity contribution in [3.63, 3.8) is 0 Å². The number of carboxylic acids is 4. The molecule has 0 unspecified atom stereocenters. The van der Waals surface area contributed by atoms with Crippen LogP contribution in [0, 0.1) is 0 Å². The number of hydrogen-bond acceptors (Lipinski definition) is 6. The van der Waals surface area contributed by atoms with Gasteiger partial charge < -0.3 is 30.0 Å². The quantitative estimate of drug-likeness (QED) is 0.394.